The van der Waals surface area contributed by atoms with E-state index in [2.05, 4.69) is 17.2 Å². The Morgan fingerprint density at radius 1 is 1.27 bits per heavy atom. The Balaban J connectivity index is 2.12. The lowest BCUT2D eigenvalue weighted by atomic mass is 9.95. The van der Waals surface area contributed by atoms with E-state index in [0.717, 1.165) is 18.4 Å². The summed E-state index contributed by atoms with van der Waals surface area (Å²) in [6.07, 6.45) is 3.68. The van der Waals surface area contributed by atoms with Crippen LogP contribution in [0.15, 0.2) is 48.7 Å². The van der Waals surface area contributed by atoms with Crippen molar-refractivity contribution in [2.75, 3.05) is 0 Å². The number of hydrogen-bond donors (Lipinski definition) is 2. The van der Waals surface area contributed by atoms with Crippen molar-refractivity contribution in [3.05, 3.63) is 70.4 Å². The minimum Gasteiger partial charge on any atom is -0.505 e. The maximum Gasteiger partial charge on any atom is 0.217 e. The molecule has 26 heavy (non-hydrogen) atoms. The van der Waals surface area contributed by atoms with E-state index in [1.165, 1.54) is 12.5 Å². The number of phenolic OH excluding ortho intramolecular Hbond substituents is 1. The molecule has 0 aliphatic rings. The fraction of sp³-hybridized carbons (Fsp3) is 0.238. The molecule has 3 rings (SSSR count). The number of pyridine rings is 1. The van der Waals surface area contributed by atoms with Gasteiger partial charge in [-0.1, -0.05) is 49.2 Å². The Kier molecular flexibility index (Phi) is 5.43. The first-order valence-corrected chi connectivity index (χ1v) is 9.01. The van der Waals surface area contributed by atoms with E-state index >= 15 is 0 Å². The molecule has 1 amide bonds. The minimum atomic E-state index is -0.507. The molecule has 0 saturated carbocycles. The van der Waals surface area contributed by atoms with Gasteiger partial charge in [-0.25, -0.2) is 0 Å². The third-order valence-electron chi connectivity index (χ3n) is 4.36. The summed E-state index contributed by atoms with van der Waals surface area (Å²) < 4.78 is 0. The molecule has 0 radical (unpaired) electrons. The first-order valence-electron chi connectivity index (χ1n) is 8.63. The Labute approximate surface area is 157 Å². The van der Waals surface area contributed by atoms with Crippen molar-refractivity contribution in [2.45, 2.75) is 32.7 Å². The molecule has 0 bridgehead atoms. The molecule has 0 fully saturated rings. The molecule has 4 nitrogen and oxygen atoms in total. The standard InChI is InChI=1S/C21H21ClN2O2/c1-3-5-14-7-9-15(10-8-14)19(24-13(2)25)17-12-18(22)16-6-4-11-23-20(16)21(17)26/h4,6-12,19,26H,3,5H2,1-2H3,(H,24,25). The SMILES string of the molecule is CCCc1ccc(C(NC(C)=O)c2cc(Cl)c3cccnc3c2O)cc1. The molecule has 2 aromatic carbocycles. The fourth-order valence-corrected chi connectivity index (χ4v) is 3.41. The number of aryl methyl sites for hydroxylation is 1. The number of phenols is 1. The average Bonchev–Trinajstić information content (AvgIpc) is 2.64. The number of aromatic nitrogens is 1. The molecule has 1 unspecified atom stereocenters. The van der Waals surface area contributed by atoms with Crippen molar-refractivity contribution in [2.24, 2.45) is 0 Å². The lowest BCUT2D eigenvalue weighted by Crippen LogP contribution is -2.27. The summed E-state index contributed by atoms with van der Waals surface area (Å²) in [6.45, 7) is 3.59. The van der Waals surface area contributed by atoms with E-state index in [1.54, 1.807) is 24.4 Å². The number of amides is 1. The minimum absolute atomic E-state index is 0.0291. The lowest BCUT2D eigenvalue weighted by Gasteiger charge is -2.21. The Morgan fingerprint density at radius 3 is 2.65 bits per heavy atom. The van der Waals surface area contributed by atoms with Crippen LogP contribution in [0.1, 0.15) is 43.0 Å². The summed E-state index contributed by atoms with van der Waals surface area (Å²) in [6, 6.07) is 12.8. The zero-order valence-corrected chi connectivity index (χ0v) is 15.5. The molecule has 2 N–H and O–H groups in total. The molecule has 0 spiro atoms. The van der Waals surface area contributed by atoms with Crippen molar-refractivity contribution in [1.29, 1.82) is 0 Å². The largest absolute Gasteiger partial charge is 0.505 e. The first kappa shape index (κ1) is 18.2. The van der Waals surface area contributed by atoms with E-state index in [4.69, 9.17) is 11.6 Å². The number of nitrogens with zero attached hydrogens (tertiary/aromatic N) is 1. The van der Waals surface area contributed by atoms with Gasteiger partial charge in [-0.2, -0.15) is 0 Å². The molecule has 3 aromatic rings. The zero-order chi connectivity index (χ0) is 18.7. The van der Waals surface area contributed by atoms with Crippen LogP contribution in [0, 0.1) is 0 Å². The highest BCUT2D eigenvalue weighted by Crippen LogP contribution is 2.38. The summed E-state index contributed by atoms with van der Waals surface area (Å²) in [7, 11) is 0. The highest BCUT2D eigenvalue weighted by molar-refractivity contribution is 6.35. The number of rotatable bonds is 5. The summed E-state index contributed by atoms with van der Waals surface area (Å²) >= 11 is 6.40. The van der Waals surface area contributed by atoms with Gasteiger partial charge >= 0.3 is 0 Å². The van der Waals surface area contributed by atoms with Crippen molar-refractivity contribution < 1.29 is 9.90 Å². The smallest absolute Gasteiger partial charge is 0.217 e. The molecular formula is C21H21ClN2O2. The quantitative estimate of drug-likeness (QED) is 0.681. The van der Waals surface area contributed by atoms with Crippen LogP contribution in [0.25, 0.3) is 10.9 Å². The number of carbonyl (C=O) groups excluding carboxylic acids is 1. The highest BCUT2D eigenvalue weighted by Gasteiger charge is 2.22. The van der Waals surface area contributed by atoms with Crippen molar-refractivity contribution in [3.63, 3.8) is 0 Å². The molecule has 0 aliphatic heterocycles. The normalized spacial score (nSPS) is 12.1. The van der Waals surface area contributed by atoms with Crippen molar-refractivity contribution >= 4 is 28.4 Å². The number of fused-ring (bicyclic) bond motifs is 1. The second-order valence-electron chi connectivity index (χ2n) is 6.32. The van der Waals surface area contributed by atoms with Gasteiger partial charge in [0, 0.05) is 24.1 Å². The third kappa shape index (κ3) is 3.65. The van der Waals surface area contributed by atoms with Crippen LogP contribution in [0.5, 0.6) is 5.75 Å². The van der Waals surface area contributed by atoms with Crippen LogP contribution >= 0.6 is 11.6 Å². The number of benzene rings is 2. The van der Waals surface area contributed by atoms with Gasteiger partial charge < -0.3 is 10.4 Å². The van der Waals surface area contributed by atoms with Crippen LogP contribution < -0.4 is 5.32 Å². The van der Waals surface area contributed by atoms with Crippen LogP contribution in [-0.2, 0) is 11.2 Å². The molecule has 0 saturated heterocycles. The van der Waals surface area contributed by atoms with Crippen LogP contribution in [0.2, 0.25) is 5.02 Å². The van der Waals surface area contributed by atoms with Gasteiger partial charge in [0.25, 0.3) is 0 Å². The predicted octanol–water partition coefficient (Wildman–Crippen LogP) is 4.77. The maximum atomic E-state index is 11.8. The number of carbonyl (C=O) groups is 1. The van der Waals surface area contributed by atoms with E-state index in [9.17, 15) is 9.90 Å². The number of hydrogen-bond acceptors (Lipinski definition) is 3. The predicted molar refractivity (Wildman–Crippen MR) is 105 cm³/mol. The van der Waals surface area contributed by atoms with Gasteiger partial charge in [0.1, 0.15) is 11.3 Å². The molecule has 0 aliphatic carbocycles. The Hall–Kier alpha value is -2.59. The maximum absolute atomic E-state index is 11.8. The summed E-state index contributed by atoms with van der Waals surface area (Å²) in [4.78, 5) is 16.0. The van der Waals surface area contributed by atoms with E-state index < -0.39 is 6.04 Å². The molecule has 134 valence electrons. The Bertz CT molecular complexity index is 939. The van der Waals surface area contributed by atoms with Crippen molar-refractivity contribution in [3.8, 4) is 5.75 Å². The van der Waals surface area contributed by atoms with Crippen LogP contribution in [0.4, 0.5) is 0 Å². The van der Waals surface area contributed by atoms with E-state index in [0.29, 0.717) is 21.5 Å². The van der Waals surface area contributed by atoms with Gasteiger partial charge in [-0.05, 0) is 35.7 Å². The van der Waals surface area contributed by atoms with Crippen LogP contribution in [-0.4, -0.2) is 16.0 Å². The molecule has 1 aromatic heterocycles. The number of nitrogens with one attached hydrogen (secondary N) is 1. The van der Waals surface area contributed by atoms with Gasteiger partial charge in [-0.3, -0.25) is 9.78 Å². The lowest BCUT2D eigenvalue weighted by molar-refractivity contribution is -0.119. The van der Waals surface area contributed by atoms with Gasteiger partial charge in [0.15, 0.2) is 0 Å². The zero-order valence-electron chi connectivity index (χ0n) is 14.8. The monoisotopic (exact) mass is 368 g/mol. The molecule has 1 atom stereocenters. The van der Waals surface area contributed by atoms with Crippen molar-refractivity contribution in [1.82, 2.24) is 10.3 Å². The third-order valence-corrected chi connectivity index (χ3v) is 4.67. The molecular weight excluding hydrogens is 348 g/mol. The van der Waals surface area contributed by atoms with Gasteiger partial charge in [0.05, 0.1) is 11.1 Å². The number of halogens is 1. The van der Waals surface area contributed by atoms with E-state index in [-0.39, 0.29) is 11.7 Å². The highest BCUT2D eigenvalue weighted by atomic mass is 35.5. The van der Waals surface area contributed by atoms with E-state index in [1.807, 2.05) is 24.3 Å². The second-order valence-corrected chi connectivity index (χ2v) is 6.73. The topological polar surface area (TPSA) is 62.2 Å². The molecule has 5 heteroatoms. The van der Waals surface area contributed by atoms with Crippen LogP contribution in [0.3, 0.4) is 0 Å². The summed E-state index contributed by atoms with van der Waals surface area (Å²) in [5.41, 5.74) is 3.06. The summed E-state index contributed by atoms with van der Waals surface area (Å²) in [5.74, 6) is -0.161. The Morgan fingerprint density at radius 2 is 2.00 bits per heavy atom. The average molecular weight is 369 g/mol. The van der Waals surface area contributed by atoms with Gasteiger partial charge in [-0.15, -0.1) is 0 Å². The summed E-state index contributed by atoms with van der Waals surface area (Å²) in [5, 5.41) is 14.9. The molecule has 1 heterocycles. The fourth-order valence-electron chi connectivity index (χ4n) is 3.14. The number of aromatic hydroxyl groups is 1. The second kappa shape index (κ2) is 7.75. The van der Waals surface area contributed by atoms with Gasteiger partial charge in [0.2, 0.25) is 5.91 Å². The first-order chi connectivity index (χ1) is 12.5.